The Balaban J connectivity index is 1.87. The maximum Gasteiger partial charge on any atom is 0.129 e. The first-order valence-electron chi connectivity index (χ1n) is 8.30. The summed E-state index contributed by atoms with van der Waals surface area (Å²) in [7, 11) is 0. The van der Waals surface area contributed by atoms with Gasteiger partial charge in [0.25, 0.3) is 0 Å². The van der Waals surface area contributed by atoms with Gasteiger partial charge in [-0.05, 0) is 31.2 Å². The average molecular weight is 411 g/mol. The van der Waals surface area contributed by atoms with Gasteiger partial charge in [0.1, 0.15) is 18.2 Å². The quantitative estimate of drug-likeness (QED) is 0.526. The molecule has 2 rings (SSSR count). The normalized spacial score (nSPS) is 12.2. The number of ether oxygens (including phenoxy) is 1. The number of halogens is 2. The minimum Gasteiger partial charge on any atom is -0.488 e. The molecule has 0 aliphatic carbocycles. The second kappa shape index (κ2) is 10.5. The zero-order chi connectivity index (χ0) is 18.1. The molecule has 25 heavy (non-hydrogen) atoms. The molecule has 0 radical (unpaired) electrons. The lowest BCUT2D eigenvalue weighted by atomic mass is 10.2. The molecule has 4 nitrogen and oxygen atoms in total. The van der Waals surface area contributed by atoms with E-state index in [1.165, 1.54) is 6.07 Å². The number of nitrogens with one attached hydrogen (secondary N) is 2. The predicted octanol–water partition coefficient (Wildman–Crippen LogP) is 3.23. The van der Waals surface area contributed by atoms with Crippen LogP contribution in [0.2, 0.25) is 0 Å². The molecule has 0 amide bonds. The molecule has 0 saturated heterocycles. The number of hydrogen-bond acceptors (Lipinski definition) is 4. The lowest BCUT2D eigenvalue weighted by Gasteiger charge is -2.14. The number of rotatable bonds is 10. The smallest absolute Gasteiger partial charge is 0.129 e. The Morgan fingerprint density at radius 1 is 1.12 bits per heavy atom. The molecule has 0 fully saturated rings. The molecule has 3 N–H and O–H groups in total. The number of aliphatic hydroxyl groups is 1. The van der Waals surface area contributed by atoms with Crippen molar-refractivity contribution in [1.82, 2.24) is 10.6 Å². The molecule has 0 spiro atoms. The summed E-state index contributed by atoms with van der Waals surface area (Å²) in [6, 6.07) is 12.4. The van der Waals surface area contributed by atoms with E-state index < -0.39 is 0 Å². The molecule has 0 bridgehead atoms. The van der Waals surface area contributed by atoms with Crippen molar-refractivity contribution in [2.24, 2.45) is 0 Å². The summed E-state index contributed by atoms with van der Waals surface area (Å²) in [5, 5.41) is 15.7. The summed E-state index contributed by atoms with van der Waals surface area (Å²) in [4.78, 5) is 0. The van der Waals surface area contributed by atoms with Crippen molar-refractivity contribution in [3.63, 3.8) is 0 Å². The zero-order valence-corrected chi connectivity index (χ0v) is 15.9. The first-order chi connectivity index (χ1) is 12.1. The Kier molecular flexibility index (Phi) is 8.34. The molecule has 0 heterocycles. The topological polar surface area (TPSA) is 53.5 Å². The van der Waals surface area contributed by atoms with Crippen molar-refractivity contribution in [3.8, 4) is 5.75 Å². The van der Waals surface area contributed by atoms with Gasteiger partial charge in [-0.15, -0.1) is 0 Å². The molecule has 136 valence electrons. The van der Waals surface area contributed by atoms with E-state index >= 15 is 0 Å². The SMILES string of the molecule is CC(O)CNCCNCc1cc(Br)ccc1OCc1ccccc1F. The fourth-order valence-corrected chi connectivity index (χ4v) is 2.72. The lowest BCUT2D eigenvalue weighted by Crippen LogP contribution is -2.31. The molecule has 2 aromatic rings. The van der Waals surface area contributed by atoms with Crippen LogP contribution in [0.25, 0.3) is 0 Å². The number of hydrogen-bond donors (Lipinski definition) is 3. The molecule has 0 aromatic heterocycles. The van der Waals surface area contributed by atoms with Crippen LogP contribution in [0, 0.1) is 5.82 Å². The average Bonchev–Trinajstić information content (AvgIpc) is 2.58. The Hall–Kier alpha value is -1.47. The fourth-order valence-electron chi connectivity index (χ4n) is 2.31. The fraction of sp³-hybridized carbons (Fsp3) is 0.368. The second-order valence-electron chi connectivity index (χ2n) is 5.86. The standard InChI is InChI=1S/C19H24BrFN2O2/c1-14(24)11-22-8-9-23-12-16-10-17(20)6-7-19(16)25-13-15-4-2-3-5-18(15)21/h2-7,10,14,22-24H,8-9,11-13H2,1H3. The van der Waals surface area contributed by atoms with Gasteiger partial charge in [-0.1, -0.05) is 34.1 Å². The van der Waals surface area contributed by atoms with E-state index in [0.29, 0.717) is 18.7 Å². The van der Waals surface area contributed by atoms with Crippen LogP contribution < -0.4 is 15.4 Å². The third-order valence-corrected chi connectivity index (χ3v) is 4.09. The van der Waals surface area contributed by atoms with Crippen LogP contribution in [0.1, 0.15) is 18.1 Å². The second-order valence-corrected chi connectivity index (χ2v) is 6.78. The highest BCUT2D eigenvalue weighted by Gasteiger charge is 2.07. The van der Waals surface area contributed by atoms with Crippen LogP contribution >= 0.6 is 15.9 Å². The van der Waals surface area contributed by atoms with Crippen LogP contribution in [-0.2, 0) is 13.2 Å². The molecule has 6 heteroatoms. The molecular formula is C19H24BrFN2O2. The van der Waals surface area contributed by atoms with Crippen molar-refractivity contribution >= 4 is 15.9 Å². The summed E-state index contributed by atoms with van der Waals surface area (Å²) < 4.78 is 20.5. The minimum absolute atomic E-state index is 0.192. The largest absolute Gasteiger partial charge is 0.488 e. The summed E-state index contributed by atoms with van der Waals surface area (Å²) in [6.45, 7) is 4.70. The Morgan fingerprint density at radius 2 is 1.88 bits per heavy atom. The van der Waals surface area contributed by atoms with Gasteiger partial charge >= 0.3 is 0 Å². The van der Waals surface area contributed by atoms with Gasteiger partial charge in [-0.2, -0.15) is 0 Å². The van der Waals surface area contributed by atoms with E-state index in [-0.39, 0.29) is 18.5 Å². The highest BCUT2D eigenvalue weighted by molar-refractivity contribution is 9.10. The maximum absolute atomic E-state index is 13.7. The zero-order valence-electron chi connectivity index (χ0n) is 14.3. The molecule has 0 aliphatic rings. The van der Waals surface area contributed by atoms with Crippen LogP contribution in [0.5, 0.6) is 5.75 Å². The summed E-state index contributed by atoms with van der Waals surface area (Å²) in [6.07, 6.45) is -0.344. The lowest BCUT2D eigenvalue weighted by molar-refractivity contribution is 0.191. The molecule has 0 saturated carbocycles. The van der Waals surface area contributed by atoms with E-state index in [4.69, 9.17) is 4.74 Å². The van der Waals surface area contributed by atoms with Gasteiger partial charge in [0.2, 0.25) is 0 Å². The molecule has 2 aromatic carbocycles. The van der Waals surface area contributed by atoms with Crippen molar-refractivity contribution < 1.29 is 14.2 Å². The van der Waals surface area contributed by atoms with Crippen LogP contribution in [0.15, 0.2) is 46.9 Å². The highest BCUT2D eigenvalue weighted by Crippen LogP contribution is 2.24. The first kappa shape index (κ1) is 19.8. The van der Waals surface area contributed by atoms with Crippen molar-refractivity contribution in [1.29, 1.82) is 0 Å². The van der Waals surface area contributed by atoms with Gasteiger partial charge in [0.05, 0.1) is 6.10 Å². The number of aliphatic hydroxyl groups excluding tert-OH is 1. The first-order valence-corrected chi connectivity index (χ1v) is 9.09. The maximum atomic E-state index is 13.7. The number of benzene rings is 2. The van der Waals surface area contributed by atoms with Gasteiger partial charge < -0.3 is 20.5 Å². The Bertz CT molecular complexity index is 668. The van der Waals surface area contributed by atoms with Gasteiger partial charge in [-0.3, -0.25) is 0 Å². The van der Waals surface area contributed by atoms with Crippen molar-refractivity contribution in [3.05, 3.63) is 63.9 Å². The molecule has 1 unspecified atom stereocenters. The van der Waals surface area contributed by atoms with Crippen molar-refractivity contribution in [2.75, 3.05) is 19.6 Å². The third-order valence-electron chi connectivity index (χ3n) is 3.60. The monoisotopic (exact) mass is 410 g/mol. The van der Waals surface area contributed by atoms with Gasteiger partial charge in [-0.25, -0.2) is 4.39 Å². The molecule has 0 aliphatic heterocycles. The van der Waals surface area contributed by atoms with Crippen LogP contribution in [-0.4, -0.2) is 30.8 Å². The van der Waals surface area contributed by atoms with E-state index in [1.54, 1.807) is 25.1 Å². The van der Waals surface area contributed by atoms with Crippen LogP contribution in [0.4, 0.5) is 4.39 Å². The van der Waals surface area contributed by atoms with E-state index in [0.717, 1.165) is 28.9 Å². The Labute approximate surface area is 156 Å². The third kappa shape index (κ3) is 7.12. The summed E-state index contributed by atoms with van der Waals surface area (Å²) in [5.74, 6) is 0.472. The Morgan fingerprint density at radius 3 is 2.64 bits per heavy atom. The van der Waals surface area contributed by atoms with Gasteiger partial charge in [0.15, 0.2) is 0 Å². The van der Waals surface area contributed by atoms with E-state index in [1.807, 2.05) is 18.2 Å². The molecule has 1 atom stereocenters. The highest BCUT2D eigenvalue weighted by atomic mass is 79.9. The summed E-state index contributed by atoms with van der Waals surface area (Å²) in [5.41, 5.74) is 1.54. The minimum atomic E-state index is -0.344. The van der Waals surface area contributed by atoms with Crippen molar-refractivity contribution in [2.45, 2.75) is 26.2 Å². The van der Waals surface area contributed by atoms with Gasteiger partial charge in [0, 0.05) is 41.8 Å². The molecular weight excluding hydrogens is 387 g/mol. The van der Waals surface area contributed by atoms with E-state index in [9.17, 15) is 9.50 Å². The predicted molar refractivity (Wildman–Crippen MR) is 101 cm³/mol. The summed E-state index contributed by atoms with van der Waals surface area (Å²) >= 11 is 3.47. The van der Waals surface area contributed by atoms with E-state index in [2.05, 4.69) is 26.6 Å². The van der Waals surface area contributed by atoms with Crippen LogP contribution in [0.3, 0.4) is 0 Å².